The van der Waals surface area contributed by atoms with Crippen LogP contribution in [0.1, 0.15) is 29.5 Å². The van der Waals surface area contributed by atoms with E-state index < -0.39 is 21.3 Å². The number of amides is 1. The van der Waals surface area contributed by atoms with Gasteiger partial charge in [-0.3, -0.25) is 9.35 Å². The molecule has 0 radical (unpaired) electrons. The Hall–Kier alpha value is -1.60. The molecule has 2 aromatic rings. The molecule has 0 aromatic heterocycles. The Morgan fingerprint density at radius 2 is 1.81 bits per heavy atom. The fraction of sp³-hybridized carbons (Fsp3) is 0.316. The predicted molar refractivity (Wildman–Crippen MR) is 106 cm³/mol. The zero-order valence-corrected chi connectivity index (χ0v) is 16.9. The van der Waals surface area contributed by atoms with Gasteiger partial charge in [-0.15, -0.1) is 0 Å². The topological polar surface area (TPSA) is 74.7 Å². The van der Waals surface area contributed by atoms with E-state index in [9.17, 15) is 17.8 Å². The second-order valence-corrected chi connectivity index (χ2v) is 9.26. The smallest absolute Gasteiger partial charge is 0.268 e. The summed E-state index contributed by atoms with van der Waals surface area (Å²) < 4.78 is 33.0. The molecule has 144 valence electrons. The highest BCUT2D eigenvalue weighted by atomic mass is 35.5. The summed E-state index contributed by atoms with van der Waals surface area (Å²) in [6, 6.07) is 12.4. The number of hydrogen-bond acceptors (Lipinski definition) is 3. The molecule has 3 rings (SSSR count). The first kappa shape index (κ1) is 20.1. The van der Waals surface area contributed by atoms with Gasteiger partial charge < -0.3 is 4.90 Å². The van der Waals surface area contributed by atoms with E-state index in [1.54, 1.807) is 23.1 Å². The molecule has 0 spiro atoms. The molecule has 0 saturated carbocycles. The van der Waals surface area contributed by atoms with Crippen molar-refractivity contribution in [1.29, 1.82) is 0 Å². The number of fused-ring (bicyclic) bond motifs is 1. The van der Waals surface area contributed by atoms with Gasteiger partial charge >= 0.3 is 0 Å². The quantitative estimate of drug-likeness (QED) is 0.749. The molecule has 0 aliphatic carbocycles. The lowest BCUT2D eigenvalue weighted by molar-refractivity contribution is -0.131. The SMILES string of the molecule is C[C@@H]([C@@H]1CN(C(=O)Cc2c(Cl)cccc2Cl)Cc2ccccc21)S(=O)(=O)O. The fourth-order valence-electron chi connectivity index (χ4n) is 3.41. The van der Waals surface area contributed by atoms with Crippen LogP contribution in [0.25, 0.3) is 0 Å². The third-order valence-corrected chi connectivity index (χ3v) is 6.99. The van der Waals surface area contributed by atoms with Gasteiger partial charge in [0.15, 0.2) is 0 Å². The van der Waals surface area contributed by atoms with Gasteiger partial charge in [-0.05, 0) is 35.7 Å². The lowest BCUT2D eigenvalue weighted by Gasteiger charge is -2.36. The van der Waals surface area contributed by atoms with Gasteiger partial charge in [-0.1, -0.05) is 53.5 Å². The Morgan fingerprint density at radius 1 is 1.19 bits per heavy atom. The maximum atomic E-state index is 12.9. The fourth-order valence-corrected chi connectivity index (χ4v) is 4.59. The van der Waals surface area contributed by atoms with Crippen LogP contribution in [0.5, 0.6) is 0 Å². The van der Waals surface area contributed by atoms with Gasteiger partial charge in [0, 0.05) is 29.1 Å². The summed E-state index contributed by atoms with van der Waals surface area (Å²) >= 11 is 12.3. The Balaban J connectivity index is 1.90. The second-order valence-electron chi connectivity index (χ2n) is 6.68. The van der Waals surface area contributed by atoms with E-state index in [-0.39, 0.29) is 18.9 Å². The van der Waals surface area contributed by atoms with Crippen LogP contribution in [-0.4, -0.2) is 35.6 Å². The number of halogens is 2. The standard InChI is InChI=1S/C19H19Cl2NO4S/c1-12(27(24,25)26)16-11-22(10-13-5-2-3-6-14(13)16)19(23)9-15-17(20)7-4-8-18(15)21/h2-8,12,16H,9-11H2,1H3,(H,24,25,26)/t12-,16-/m0/s1. The van der Waals surface area contributed by atoms with Crippen LogP contribution in [0.4, 0.5) is 0 Å². The summed E-state index contributed by atoms with van der Waals surface area (Å²) in [6.45, 7) is 2.01. The van der Waals surface area contributed by atoms with Gasteiger partial charge in [-0.2, -0.15) is 8.42 Å². The van der Waals surface area contributed by atoms with E-state index >= 15 is 0 Å². The molecule has 1 heterocycles. The second kappa shape index (κ2) is 7.80. The van der Waals surface area contributed by atoms with E-state index in [0.29, 0.717) is 22.2 Å². The molecule has 0 fully saturated rings. The van der Waals surface area contributed by atoms with Crippen molar-refractivity contribution in [2.45, 2.75) is 31.1 Å². The van der Waals surface area contributed by atoms with Gasteiger partial charge in [0.25, 0.3) is 10.1 Å². The van der Waals surface area contributed by atoms with Crippen molar-refractivity contribution >= 4 is 39.2 Å². The summed E-state index contributed by atoms with van der Waals surface area (Å²) in [7, 11) is -4.25. The van der Waals surface area contributed by atoms with Crippen molar-refractivity contribution in [3.63, 3.8) is 0 Å². The molecule has 1 aliphatic rings. The Labute approximate surface area is 168 Å². The average molecular weight is 428 g/mol. The zero-order valence-electron chi connectivity index (χ0n) is 14.6. The molecule has 2 aromatic carbocycles. The number of nitrogens with zero attached hydrogens (tertiary/aromatic N) is 1. The van der Waals surface area contributed by atoms with E-state index in [4.69, 9.17) is 23.2 Å². The Bertz CT molecular complexity index is 957. The molecule has 2 atom stereocenters. The number of carbonyl (C=O) groups excluding carboxylic acids is 1. The highest BCUT2D eigenvalue weighted by Crippen LogP contribution is 2.34. The largest absolute Gasteiger partial charge is 0.337 e. The van der Waals surface area contributed by atoms with Crippen LogP contribution in [-0.2, 0) is 27.9 Å². The molecule has 1 amide bonds. The monoisotopic (exact) mass is 427 g/mol. The van der Waals surface area contributed by atoms with Gasteiger partial charge in [-0.25, -0.2) is 0 Å². The minimum Gasteiger partial charge on any atom is -0.337 e. The van der Waals surface area contributed by atoms with Crippen LogP contribution in [0.3, 0.4) is 0 Å². The maximum Gasteiger partial charge on any atom is 0.268 e. The Kier molecular flexibility index (Phi) is 5.82. The molecule has 5 nitrogen and oxygen atoms in total. The van der Waals surface area contributed by atoms with Crippen LogP contribution >= 0.6 is 23.2 Å². The third-order valence-electron chi connectivity index (χ3n) is 5.01. The van der Waals surface area contributed by atoms with Crippen molar-refractivity contribution in [2.24, 2.45) is 0 Å². The van der Waals surface area contributed by atoms with Crippen LogP contribution in [0.2, 0.25) is 10.0 Å². The highest BCUT2D eigenvalue weighted by molar-refractivity contribution is 7.86. The molecule has 8 heteroatoms. The van der Waals surface area contributed by atoms with Crippen molar-refractivity contribution in [1.82, 2.24) is 4.90 Å². The Morgan fingerprint density at radius 3 is 2.44 bits per heavy atom. The van der Waals surface area contributed by atoms with E-state index in [0.717, 1.165) is 11.1 Å². The molecular formula is C19H19Cl2NO4S. The maximum absolute atomic E-state index is 12.9. The highest BCUT2D eigenvalue weighted by Gasteiger charge is 2.36. The predicted octanol–water partition coefficient (Wildman–Crippen LogP) is 3.94. The molecule has 1 aliphatic heterocycles. The molecule has 0 saturated heterocycles. The van der Waals surface area contributed by atoms with Gasteiger partial charge in [0.2, 0.25) is 5.91 Å². The van der Waals surface area contributed by atoms with E-state index in [1.165, 1.54) is 6.92 Å². The number of benzene rings is 2. The van der Waals surface area contributed by atoms with Crippen LogP contribution in [0, 0.1) is 0 Å². The lowest BCUT2D eigenvalue weighted by Crippen LogP contribution is -2.43. The van der Waals surface area contributed by atoms with Crippen molar-refractivity contribution in [3.8, 4) is 0 Å². The summed E-state index contributed by atoms with van der Waals surface area (Å²) in [5, 5.41) is -0.203. The lowest BCUT2D eigenvalue weighted by atomic mass is 9.87. The van der Waals surface area contributed by atoms with Crippen molar-refractivity contribution < 1.29 is 17.8 Å². The molecule has 0 unspecified atom stereocenters. The number of carbonyl (C=O) groups is 1. The number of rotatable bonds is 4. The molecule has 0 bridgehead atoms. The average Bonchev–Trinajstić information content (AvgIpc) is 2.62. The minimum absolute atomic E-state index is 0.0215. The normalized spacial score (nSPS) is 18.1. The van der Waals surface area contributed by atoms with Gasteiger partial charge in [0.1, 0.15) is 0 Å². The molecule has 1 N–H and O–H groups in total. The summed E-state index contributed by atoms with van der Waals surface area (Å²) in [5.41, 5.74) is 2.24. The number of hydrogen-bond donors (Lipinski definition) is 1. The van der Waals surface area contributed by atoms with Crippen molar-refractivity contribution in [2.75, 3.05) is 6.54 Å². The summed E-state index contributed by atoms with van der Waals surface area (Å²) in [5.74, 6) is -0.720. The third kappa shape index (κ3) is 4.29. The van der Waals surface area contributed by atoms with E-state index in [1.807, 2.05) is 24.3 Å². The molecular weight excluding hydrogens is 409 g/mol. The van der Waals surface area contributed by atoms with Crippen LogP contribution in [0.15, 0.2) is 42.5 Å². The first-order chi connectivity index (χ1) is 12.7. The zero-order chi connectivity index (χ0) is 19.8. The summed E-state index contributed by atoms with van der Waals surface area (Å²) in [4.78, 5) is 14.5. The van der Waals surface area contributed by atoms with Crippen molar-refractivity contribution in [3.05, 3.63) is 69.2 Å². The minimum atomic E-state index is -4.25. The van der Waals surface area contributed by atoms with E-state index in [2.05, 4.69) is 0 Å². The van der Waals surface area contributed by atoms with Gasteiger partial charge in [0.05, 0.1) is 11.7 Å². The summed E-state index contributed by atoms with van der Waals surface area (Å²) in [6.07, 6.45) is 0.0215. The first-order valence-electron chi connectivity index (χ1n) is 8.43. The van der Waals surface area contributed by atoms with Crippen LogP contribution < -0.4 is 0 Å². The molecule has 27 heavy (non-hydrogen) atoms. The first-order valence-corrected chi connectivity index (χ1v) is 10.7.